The number of nitrogens with two attached hydrogens (primary N) is 2. The van der Waals surface area contributed by atoms with Crippen molar-refractivity contribution in [3.8, 4) is 0 Å². The third kappa shape index (κ3) is 2.97. The Morgan fingerprint density at radius 1 is 1.50 bits per heavy atom. The number of nitrogen functional groups attached to an aromatic ring is 1. The molecule has 7 nitrogen and oxygen atoms in total. The zero-order valence-electron chi connectivity index (χ0n) is 11.9. The van der Waals surface area contributed by atoms with Crippen LogP contribution in [0.4, 0.5) is 5.82 Å². The van der Waals surface area contributed by atoms with Crippen molar-refractivity contribution in [1.82, 2.24) is 15.2 Å². The Morgan fingerprint density at radius 3 is 2.70 bits per heavy atom. The minimum Gasteiger partial charge on any atom is -0.384 e. The quantitative estimate of drug-likeness (QED) is 0.537. The first-order chi connectivity index (χ1) is 9.34. The Balaban J connectivity index is 2.22. The average Bonchev–Trinajstić information content (AvgIpc) is 2.72. The van der Waals surface area contributed by atoms with E-state index in [0.717, 1.165) is 24.8 Å². The Kier molecular flexibility index (Phi) is 4.36. The first-order valence-corrected chi connectivity index (χ1v) is 8.72. The lowest BCUT2D eigenvalue weighted by Crippen LogP contribution is -2.38. The van der Waals surface area contributed by atoms with Gasteiger partial charge in [-0.15, -0.1) is 0 Å². The van der Waals surface area contributed by atoms with E-state index in [4.69, 9.17) is 11.6 Å². The summed E-state index contributed by atoms with van der Waals surface area (Å²) in [6.07, 6.45) is 6.18. The number of hydrogen-bond donors (Lipinski definition) is 3. The van der Waals surface area contributed by atoms with E-state index in [9.17, 15) is 8.42 Å². The molecule has 5 N–H and O–H groups in total. The standard InChI is InChI=1S/C12H23N5O2S/c1-17-12(13)10(7-15-17)11(16-14)8-4-3-5-9(6-8)20(2,18)19/h7-9,11,16H,3-6,13-14H2,1-2H3. The normalized spacial score (nSPS) is 25.6. The van der Waals surface area contributed by atoms with Crippen molar-refractivity contribution in [2.24, 2.45) is 18.8 Å². The molecule has 0 amide bonds. The fourth-order valence-corrected chi connectivity index (χ4v) is 4.25. The van der Waals surface area contributed by atoms with Crippen molar-refractivity contribution in [2.75, 3.05) is 12.0 Å². The van der Waals surface area contributed by atoms with E-state index in [1.165, 1.54) is 6.26 Å². The molecule has 20 heavy (non-hydrogen) atoms. The SMILES string of the molecule is Cn1ncc(C(NN)C2CCCC(S(C)(=O)=O)C2)c1N. The summed E-state index contributed by atoms with van der Waals surface area (Å²) in [6, 6.07) is -0.159. The smallest absolute Gasteiger partial charge is 0.150 e. The van der Waals surface area contributed by atoms with E-state index in [1.54, 1.807) is 17.9 Å². The van der Waals surface area contributed by atoms with Crippen molar-refractivity contribution in [2.45, 2.75) is 37.0 Å². The molecule has 0 bridgehead atoms. The zero-order chi connectivity index (χ0) is 14.9. The van der Waals surface area contributed by atoms with Gasteiger partial charge in [0.1, 0.15) is 15.7 Å². The second-order valence-corrected chi connectivity index (χ2v) is 7.96. The highest BCUT2D eigenvalue weighted by atomic mass is 32.2. The van der Waals surface area contributed by atoms with Crippen LogP contribution in [0.25, 0.3) is 0 Å². The van der Waals surface area contributed by atoms with E-state index in [0.29, 0.717) is 12.2 Å². The van der Waals surface area contributed by atoms with Gasteiger partial charge in [-0.2, -0.15) is 5.10 Å². The summed E-state index contributed by atoms with van der Waals surface area (Å²) in [5, 5.41) is 3.84. The molecule has 1 aliphatic carbocycles. The van der Waals surface area contributed by atoms with Crippen molar-refractivity contribution < 1.29 is 8.42 Å². The molecular formula is C12H23N5O2S. The first kappa shape index (κ1) is 15.3. The van der Waals surface area contributed by atoms with E-state index >= 15 is 0 Å². The summed E-state index contributed by atoms with van der Waals surface area (Å²) in [4.78, 5) is 0. The highest BCUT2D eigenvalue weighted by Crippen LogP contribution is 2.37. The van der Waals surface area contributed by atoms with Crippen LogP contribution in [0.2, 0.25) is 0 Å². The molecule has 1 aliphatic rings. The van der Waals surface area contributed by atoms with Gasteiger partial charge in [0.05, 0.1) is 17.5 Å². The second kappa shape index (κ2) is 5.71. The molecule has 0 saturated heterocycles. The molecule has 1 heterocycles. The molecule has 8 heteroatoms. The van der Waals surface area contributed by atoms with Crippen LogP contribution >= 0.6 is 0 Å². The molecule has 0 spiro atoms. The molecule has 2 rings (SSSR count). The van der Waals surface area contributed by atoms with Crippen molar-refractivity contribution >= 4 is 15.7 Å². The lowest BCUT2D eigenvalue weighted by atomic mass is 9.81. The minimum absolute atomic E-state index is 0.153. The van der Waals surface area contributed by atoms with E-state index < -0.39 is 9.84 Å². The molecule has 1 aromatic rings. The largest absolute Gasteiger partial charge is 0.384 e. The maximum Gasteiger partial charge on any atom is 0.150 e. The van der Waals surface area contributed by atoms with Crippen LogP contribution in [-0.4, -0.2) is 29.7 Å². The predicted molar refractivity (Wildman–Crippen MR) is 78.3 cm³/mol. The van der Waals surface area contributed by atoms with E-state index in [2.05, 4.69) is 10.5 Å². The molecule has 0 aromatic carbocycles. The van der Waals surface area contributed by atoms with Gasteiger partial charge in [0.2, 0.25) is 0 Å². The number of sulfone groups is 1. The summed E-state index contributed by atoms with van der Waals surface area (Å²) in [5.41, 5.74) is 9.62. The highest BCUT2D eigenvalue weighted by Gasteiger charge is 2.34. The van der Waals surface area contributed by atoms with Crippen LogP contribution in [0.1, 0.15) is 37.3 Å². The third-order valence-corrected chi connectivity index (χ3v) is 5.91. The maximum atomic E-state index is 11.8. The van der Waals surface area contributed by atoms with Crippen LogP contribution in [0.5, 0.6) is 0 Å². The minimum atomic E-state index is -3.01. The second-order valence-electron chi connectivity index (χ2n) is 5.63. The molecule has 1 aromatic heterocycles. The first-order valence-electron chi connectivity index (χ1n) is 6.77. The topological polar surface area (TPSA) is 116 Å². The van der Waals surface area contributed by atoms with Gasteiger partial charge in [-0.1, -0.05) is 6.42 Å². The van der Waals surface area contributed by atoms with Gasteiger partial charge in [0.15, 0.2) is 0 Å². The number of aromatic nitrogens is 2. The fourth-order valence-electron chi connectivity index (χ4n) is 3.06. The Morgan fingerprint density at radius 2 is 2.20 bits per heavy atom. The Hall–Kier alpha value is -1.12. The molecule has 1 saturated carbocycles. The zero-order valence-corrected chi connectivity index (χ0v) is 12.7. The summed E-state index contributed by atoms with van der Waals surface area (Å²) in [7, 11) is -1.24. The Bertz CT molecular complexity index is 568. The molecule has 114 valence electrons. The van der Waals surface area contributed by atoms with E-state index in [-0.39, 0.29) is 17.2 Å². The highest BCUT2D eigenvalue weighted by molar-refractivity contribution is 7.91. The lowest BCUT2D eigenvalue weighted by molar-refractivity contribution is 0.275. The average molecular weight is 301 g/mol. The molecule has 3 atom stereocenters. The van der Waals surface area contributed by atoms with Crippen LogP contribution in [0, 0.1) is 5.92 Å². The maximum absolute atomic E-state index is 11.8. The number of nitrogens with zero attached hydrogens (tertiary/aromatic N) is 2. The van der Waals surface area contributed by atoms with Crippen molar-refractivity contribution in [3.63, 3.8) is 0 Å². The van der Waals surface area contributed by atoms with Crippen LogP contribution in [0.3, 0.4) is 0 Å². The van der Waals surface area contributed by atoms with E-state index in [1.807, 2.05) is 0 Å². The molecule has 1 fully saturated rings. The summed E-state index contributed by atoms with van der Waals surface area (Å²) < 4.78 is 25.1. The summed E-state index contributed by atoms with van der Waals surface area (Å²) in [5.74, 6) is 6.39. The molecule has 0 radical (unpaired) electrons. The molecule has 3 unspecified atom stereocenters. The number of nitrogens with one attached hydrogen (secondary N) is 1. The number of aryl methyl sites for hydroxylation is 1. The summed E-state index contributed by atoms with van der Waals surface area (Å²) >= 11 is 0. The van der Waals surface area contributed by atoms with Crippen LogP contribution < -0.4 is 17.0 Å². The Labute approximate surface area is 119 Å². The van der Waals surface area contributed by atoms with Gasteiger partial charge in [-0.3, -0.25) is 16.0 Å². The molecule has 0 aliphatic heterocycles. The van der Waals surface area contributed by atoms with Gasteiger partial charge in [-0.25, -0.2) is 8.42 Å². The van der Waals surface area contributed by atoms with Crippen molar-refractivity contribution in [3.05, 3.63) is 11.8 Å². The monoisotopic (exact) mass is 301 g/mol. The fraction of sp³-hybridized carbons (Fsp3) is 0.750. The van der Waals surface area contributed by atoms with Gasteiger partial charge >= 0.3 is 0 Å². The number of hydrazine groups is 1. The van der Waals surface area contributed by atoms with Gasteiger partial charge in [0, 0.05) is 18.9 Å². The number of rotatable bonds is 4. The lowest BCUT2D eigenvalue weighted by Gasteiger charge is -2.33. The van der Waals surface area contributed by atoms with Crippen LogP contribution in [0.15, 0.2) is 6.20 Å². The third-order valence-electron chi connectivity index (χ3n) is 4.27. The van der Waals surface area contributed by atoms with Gasteiger partial charge in [-0.05, 0) is 25.2 Å². The van der Waals surface area contributed by atoms with Crippen LogP contribution in [-0.2, 0) is 16.9 Å². The van der Waals surface area contributed by atoms with Crippen molar-refractivity contribution in [1.29, 1.82) is 0 Å². The number of anilines is 1. The summed E-state index contributed by atoms with van der Waals surface area (Å²) in [6.45, 7) is 0. The molecular weight excluding hydrogens is 278 g/mol. The van der Waals surface area contributed by atoms with Gasteiger partial charge in [0.25, 0.3) is 0 Å². The predicted octanol–water partition coefficient (Wildman–Crippen LogP) is 0.110. The number of hydrogen-bond acceptors (Lipinski definition) is 6. The van der Waals surface area contributed by atoms with Gasteiger partial charge < -0.3 is 5.73 Å².